The molecule has 0 aliphatic heterocycles. The highest BCUT2D eigenvalue weighted by Gasteiger charge is 2.15. The minimum Gasteiger partial charge on any atom is -0.497 e. The molecule has 0 saturated heterocycles. The van der Waals surface area contributed by atoms with Gasteiger partial charge < -0.3 is 29.0 Å². The monoisotopic (exact) mass is 401 g/mol. The Kier molecular flexibility index (Phi) is 7.90. The van der Waals surface area contributed by atoms with Crippen molar-refractivity contribution < 1.29 is 33.3 Å². The third kappa shape index (κ3) is 6.17. The van der Waals surface area contributed by atoms with Crippen molar-refractivity contribution in [1.29, 1.82) is 0 Å². The lowest BCUT2D eigenvalue weighted by atomic mass is 10.2. The van der Waals surface area contributed by atoms with E-state index < -0.39 is 18.5 Å². The second kappa shape index (κ2) is 10.6. The van der Waals surface area contributed by atoms with Gasteiger partial charge in [0.25, 0.3) is 5.91 Å². The fourth-order valence-corrected chi connectivity index (χ4v) is 2.44. The highest BCUT2D eigenvalue weighted by atomic mass is 16.5. The number of hydrogen-bond donors (Lipinski definition) is 1. The molecule has 29 heavy (non-hydrogen) atoms. The number of ether oxygens (including phenoxy) is 5. The van der Waals surface area contributed by atoms with Crippen molar-refractivity contribution in [2.45, 2.75) is 0 Å². The summed E-state index contributed by atoms with van der Waals surface area (Å²) in [6, 6.07) is 10.3. The first-order chi connectivity index (χ1) is 14.0. The minimum absolute atomic E-state index is 0.389. The van der Waals surface area contributed by atoms with Crippen molar-refractivity contribution in [3.63, 3.8) is 0 Å². The molecular formula is C21H23NO7. The van der Waals surface area contributed by atoms with E-state index in [1.807, 2.05) is 6.07 Å². The Morgan fingerprint density at radius 2 is 1.62 bits per heavy atom. The quantitative estimate of drug-likeness (QED) is 0.510. The van der Waals surface area contributed by atoms with Gasteiger partial charge in [-0.3, -0.25) is 4.79 Å². The van der Waals surface area contributed by atoms with Gasteiger partial charge in [-0.2, -0.15) is 0 Å². The Labute approximate surface area is 169 Å². The van der Waals surface area contributed by atoms with E-state index in [-0.39, 0.29) is 0 Å². The van der Waals surface area contributed by atoms with Crippen molar-refractivity contribution in [3.8, 4) is 23.0 Å². The van der Waals surface area contributed by atoms with E-state index in [0.29, 0.717) is 28.7 Å². The van der Waals surface area contributed by atoms with Crippen LogP contribution in [0.4, 0.5) is 5.69 Å². The van der Waals surface area contributed by atoms with E-state index in [2.05, 4.69) is 5.32 Å². The van der Waals surface area contributed by atoms with Crippen molar-refractivity contribution in [2.75, 3.05) is 40.4 Å². The number of hydrogen-bond acceptors (Lipinski definition) is 7. The van der Waals surface area contributed by atoms with E-state index >= 15 is 0 Å². The minimum atomic E-state index is -0.645. The largest absolute Gasteiger partial charge is 0.497 e. The Morgan fingerprint density at radius 1 is 0.931 bits per heavy atom. The normalized spacial score (nSPS) is 10.3. The van der Waals surface area contributed by atoms with Crippen molar-refractivity contribution >= 4 is 23.6 Å². The molecule has 8 nitrogen and oxygen atoms in total. The Morgan fingerprint density at radius 3 is 2.21 bits per heavy atom. The van der Waals surface area contributed by atoms with Crippen LogP contribution in [0.5, 0.6) is 23.0 Å². The summed E-state index contributed by atoms with van der Waals surface area (Å²) in [4.78, 5) is 23.9. The molecule has 154 valence electrons. The molecule has 0 aromatic heterocycles. The topological polar surface area (TPSA) is 92.3 Å². The van der Waals surface area contributed by atoms with Gasteiger partial charge in [-0.05, 0) is 23.8 Å². The maximum atomic E-state index is 12.1. The highest BCUT2D eigenvalue weighted by Crippen LogP contribution is 2.39. The molecule has 0 aliphatic rings. The van der Waals surface area contributed by atoms with Crippen LogP contribution >= 0.6 is 0 Å². The molecule has 1 amide bonds. The van der Waals surface area contributed by atoms with Gasteiger partial charge in [-0.1, -0.05) is 12.1 Å². The van der Waals surface area contributed by atoms with Gasteiger partial charge in [0.1, 0.15) is 5.75 Å². The third-order valence-electron chi connectivity index (χ3n) is 3.80. The van der Waals surface area contributed by atoms with Crippen LogP contribution in [0.15, 0.2) is 42.5 Å². The van der Waals surface area contributed by atoms with Gasteiger partial charge in [0.05, 0.1) is 28.4 Å². The van der Waals surface area contributed by atoms with Gasteiger partial charge in [-0.15, -0.1) is 0 Å². The maximum Gasteiger partial charge on any atom is 0.331 e. The molecule has 1 N–H and O–H groups in total. The molecule has 0 atom stereocenters. The van der Waals surface area contributed by atoms with Gasteiger partial charge in [0.2, 0.25) is 5.75 Å². The standard InChI is InChI=1S/C21H23NO7/c1-25-16-7-5-6-14(10-16)8-9-20(24)29-13-19(23)22-15-11-17(26-2)21(28-4)18(12-15)27-3/h5-12H,13H2,1-4H3,(H,22,23). The lowest BCUT2D eigenvalue weighted by Crippen LogP contribution is -2.20. The van der Waals surface area contributed by atoms with Crippen LogP contribution in [-0.2, 0) is 14.3 Å². The third-order valence-corrected chi connectivity index (χ3v) is 3.80. The fraction of sp³-hybridized carbons (Fsp3) is 0.238. The second-order valence-corrected chi connectivity index (χ2v) is 5.68. The second-order valence-electron chi connectivity index (χ2n) is 5.68. The van der Waals surface area contributed by atoms with Crippen LogP contribution in [0.1, 0.15) is 5.56 Å². The summed E-state index contributed by atoms with van der Waals surface area (Å²) >= 11 is 0. The molecular weight excluding hydrogens is 378 g/mol. The Hall–Kier alpha value is -3.68. The number of carbonyl (C=O) groups excluding carboxylic acids is 2. The molecule has 8 heteroatoms. The first-order valence-corrected chi connectivity index (χ1v) is 8.59. The summed E-state index contributed by atoms with van der Waals surface area (Å²) in [5.41, 5.74) is 1.18. The van der Waals surface area contributed by atoms with E-state index in [9.17, 15) is 9.59 Å². The highest BCUT2D eigenvalue weighted by molar-refractivity contribution is 5.95. The number of esters is 1. The smallest absolute Gasteiger partial charge is 0.331 e. The molecule has 0 unspecified atom stereocenters. The van der Waals surface area contributed by atoms with Gasteiger partial charge in [-0.25, -0.2) is 4.79 Å². The summed E-state index contributed by atoms with van der Waals surface area (Å²) in [6.45, 7) is -0.446. The van der Waals surface area contributed by atoms with Crippen molar-refractivity contribution in [2.24, 2.45) is 0 Å². The predicted octanol–water partition coefficient (Wildman–Crippen LogP) is 2.92. The van der Waals surface area contributed by atoms with Crippen molar-refractivity contribution in [3.05, 3.63) is 48.0 Å². The van der Waals surface area contributed by atoms with E-state index in [1.165, 1.54) is 27.4 Å². The number of amides is 1. The maximum absolute atomic E-state index is 12.1. The number of rotatable bonds is 9. The first kappa shape index (κ1) is 21.6. The number of benzene rings is 2. The van der Waals surface area contributed by atoms with Gasteiger partial charge in [0.15, 0.2) is 18.1 Å². The SMILES string of the molecule is COc1cccc(C=CC(=O)OCC(=O)Nc2cc(OC)c(OC)c(OC)c2)c1. The Balaban J connectivity index is 1.94. The van der Waals surface area contributed by atoms with Crippen LogP contribution in [0.2, 0.25) is 0 Å². The molecule has 2 aromatic carbocycles. The number of methoxy groups -OCH3 is 4. The van der Waals surface area contributed by atoms with Crippen LogP contribution < -0.4 is 24.3 Å². The molecule has 0 bridgehead atoms. The van der Waals surface area contributed by atoms with Gasteiger partial charge >= 0.3 is 5.97 Å². The average Bonchev–Trinajstić information content (AvgIpc) is 2.75. The van der Waals surface area contributed by atoms with E-state index in [0.717, 1.165) is 5.56 Å². The summed E-state index contributed by atoms with van der Waals surface area (Å²) in [7, 11) is 5.99. The zero-order valence-electron chi connectivity index (χ0n) is 16.7. The van der Waals surface area contributed by atoms with Crippen molar-refractivity contribution in [1.82, 2.24) is 0 Å². The number of carbonyl (C=O) groups is 2. The molecule has 0 aliphatic carbocycles. The van der Waals surface area contributed by atoms with Crippen LogP contribution in [0.3, 0.4) is 0 Å². The Bertz CT molecular complexity index is 867. The van der Waals surface area contributed by atoms with Gasteiger partial charge in [0, 0.05) is 23.9 Å². The van der Waals surface area contributed by atoms with E-state index in [4.69, 9.17) is 23.7 Å². The molecule has 0 heterocycles. The lowest BCUT2D eigenvalue weighted by molar-refractivity contribution is -0.142. The number of nitrogens with one attached hydrogen (secondary N) is 1. The average molecular weight is 401 g/mol. The summed E-state index contributed by atoms with van der Waals surface area (Å²) in [5, 5.41) is 2.61. The molecule has 0 saturated carbocycles. The zero-order valence-corrected chi connectivity index (χ0v) is 16.7. The molecule has 0 radical (unpaired) electrons. The molecule has 0 spiro atoms. The summed E-state index contributed by atoms with van der Waals surface area (Å²) in [6.07, 6.45) is 2.81. The van der Waals surface area contributed by atoms with Crippen LogP contribution in [0, 0.1) is 0 Å². The first-order valence-electron chi connectivity index (χ1n) is 8.59. The van der Waals surface area contributed by atoms with Crippen LogP contribution in [0.25, 0.3) is 6.08 Å². The molecule has 0 fully saturated rings. The lowest BCUT2D eigenvalue weighted by Gasteiger charge is -2.14. The molecule has 2 aromatic rings. The van der Waals surface area contributed by atoms with E-state index in [1.54, 1.807) is 43.5 Å². The zero-order chi connectivity index (χ0) is 21.2. The summed E-state index contributed by atoms with van der Waals surface area (Å²) < 4.78 is 25.8. The fourth-order valence-electron chi connectivity index (χ4n) is 2.44. The summed E-state index contributed by atoms with van der Waals surface area (Å²) in [5.74, 6) is 0.698. The molecule has 2 rings (SSSR count). The van der Waals surface area contributed by atoms with Crippen LogP contribution in [-0.4, -0.2) is 46.9 Å². The number of anilines is 1. The predicted molar refractivity (Wildman–Crippen MR) is 108 cm³/mol.